The van der Waals surface area contributed by atoms with E-state index in [0.29, 0.717) is 25.8 Å². The smallest absolute Gasteiger partial charge is 0.175 e. The summed E-state index contributed by atoms with van der Waals surface area (Å²) in [7, 11) is 0. The van der Waals surface area contributed by atoms with Crippen molar-refractivity contribution in [1.82, 2.24) is 14.8 Å². The van der Waals surface area contributed by atoms with E-state index in [1.165, 1.54) is 22.9 Å². The maximum Gasteiger partial charge on any atom is 0.175 e. The van der Waals surface area contributed by atoms with Crippen LogP contribution in [0.25, 0.3) is 6.08 Å². The molecule has 4 aliphatic carbocycles. The molecule has 0 aliphatic heterocycles. The van der Waals surface area contributed by atoms with Gasteiger partial charge in [0.05, 0.1) is 47.8 Å². The molecule has 0 aromatic carbocycles. The second kappa shape index (κ2) is 9.57. The molecule has 39 heavy (non-hydrogen) atoms. The lowest BCUT2D eigenvalue weighted by Crippen LogP contribution is -2.62. The normalized spacial score (nSPS) is 36.7. The Labute approximate surface area is 234 Å². The molecule has 2 N–H and O–H groups in total. The van der Waals surface area contributed by atoms with Crippen LogP contribution < -0.4 is 0 Å². The maximum absolute atomic E-state index is 13.6. The number of nitrogens with zero attached hydrogens (tertiary/aromatic N) is 4. The second-order valence-electron chi connectivity index (χ2n) is 12.7. The number of fused-ring (bicyclic) bond motifs is 6. The molecule has 2 heterocycles. The number of hydrogen-bond acceptors (Lipinski definition) is 7. The summed E-state index contributed by atoms with van der Waals surface area (Å²) in [5, 5.41) is 38.2. The second-order valence-corrected chi connectivity index (χ2v) is 13.7. The number of aromatic nitrogens is 3. The number of allylic oxidation sites excluding steroid dienone is 1. The van der Waals surface area contributed by atoms with E-state index in [1.807, 2.05) is 36.0 Å². The highest BCUT2D eigenvalue weighted by molar-refractivity contribution is 7.99. The Balaban J connectivity index is 1.25. The van der Waals surface area contributed by atoms with E-state index < -0.39 is 17.1 Å². The van der Waals surface area contributed by atoms with E-state index in [2.05, 4.69) is 36.1 Å². The van der Waals surface area contributed by atoms with Crippen molar-refractivity contribution < 1.29 is 15.0 Å². The first-order chi connectivity index (χ1) is 18.6. The summed E-state index contributed by atoms with van der Waals surface area (Å²) in [5.41, 5.74) is 2.29. The van der Waals surface area contributed by atoms with Crippen LogP contribution in [0.2, 0.25) is 0 Å². The summed E-state index contributed by atoms with van der Waals surface area (Å²) in [6.07, 6.45) is 8.47. The van der Waals surface area contributed by atoms with Crippen molar-refractivity contribution in [2.75, 3.05) is 5.75 Å². The van der Waals surface area contributed by atoms with Crippen LogP contribution in [0.4, 0.5) is 0 Å². The average molecular weight is 547 g/mol. The third-order valence-electron chi connectivity index (χ3n) is 10.8. The van der Waals surface area contributed by atoms with Crippen molar-refractivity contribution in [2.45, 2.75) is 89.0 Å². The fourth-order valence-electron chi connectivity index (χ4n) is 8.89. The van der Waals surface area contributed by atoms with Crippen LogP contribution in [-0.2, 0) is 17.8 Å². The van der Waals surface area contributed by atoms with Crippen molar-refractivity contribution in [1.29, 1.82) is 5.26 Å². The van der Waals surface area contributed by atoms with Crippen molar-refractivity contribution in [3.63, 3.8) is 0 Å². The molecule has 0 amide bonds. The number of rotatable bonds is 6. The molecule has 6 rings (SSSR count). The number of aliphatic hydroxyl groups is 2. The van der Waals surface area contributed by atoms with Gasteiger partial charge in [-0.3, -0.25) is 9.48 Å². The molecule has 3 saturated carbocycles. The lowest BCUT2D eigenvalue weighted by molar-refractivity contribution is -0.177. The highest BCUT2D eigenvalue weighted by Gasteiger charge is 2.68. The third-order valence-corrected chi connectivity index (χ3v) is 11.7. The van der Waals surface area contributed by atoms with Gasteiger partial charge in [-0.25, -0.2) is 4.98 Å². The number of thioether (sulfide) groups is 1. The van der Waals surface area contributed by atoms with Gasteiger partial charge in [-0.05, 0) is 92.4 Å². The molecule has 8 heteroatoms. The standard InChI is InChI=1S/C31H38N4O3S/c1-19-6-4-7-27(34-19)39-18-26(37)31(38)11-10-23-22-9-8-21-14-24-20(17-33-35(24)13-5-12-32)15-29(21,2)28(22)25(36)16-30(23,31)3/h4,6-7,14,17,22-23,25,28,36,38H,5,8-11,13,15-16,18H2,1-3H3. The Hall–Kier alpha value is -2.47. The van der Waals surface area contributed by atoms with Crippen molar-refractivity contribution in [3.05, 3.63) is 46.9 Å². The topological polar surface area (TPSA) is 112 Å². The molecule has 7 atom stereocenters. The van der Waals surface area contributed by atoms with E-state index in [1.54, 1.807) is 0 Å². The molecule has 0 spiro atoms. The van der Waals surface area contributed by atoms with Gasteiger partial charge in [0.2, 0.25) is 0 Å². The van der Waals surface area contributed by atoms with Crippen LogP contribution in [0.15, 0.2) is 35.0 Å². The molecular weight excluding hydrogens is 508 g/mol. The first-order valence-electron chi connectivity index (χ1n) is 14.2. The molecule has 0 radical (unpaired) electrons. The van der Waals surface area contributed by atoms with Gasteiger partial charge in [-0.2, -0.15) is 10.4 Å². The average Bonchev–Trinajstić information content (AvgIpc) is 3.41. The molecule has 3 fully saturated rings. The van der Waals surface area contributed by atoms with E-state index in [9.17, 15) is 15.0 Å². The summed E-state index contributed by atoms with van der Waals surface area (Å²) in [5.74, 6) is 0.572. The minimum absolute atomic E-state index is 0.0782. The number of aliphatic hydroxyl groups excluding tert-OH is 1. The van der Waals surface area contributed by atoms with Gasteiger partial charge in [0.25, 0.3) is 0 Å². The summed E-state index contributed by atoms with van der Waals surface area (Å²) < 4.78 is 1.94. The molecule has 2 aromatic rings. The molecule has 206 valence electrons. The highest BCUT2D eigenvalue weighted by Crippen LogP contribution is 2.67. The van der Waals surface area contributed by atoms with E-state index in [0.717, 1.165) is 42.1 Å². The van der Waals surface area contributed by atoms with Gasteiger partial charge in [0, 0.05) is 11.1 Å². The van der Waals surface area contributed by atoms with Crippen LogP contribution in [0.5, 0.6) is 0 Å². The van der Waals surface area contributed by atoms with Gasteiger partial charge >= 0.3 is 0 Å². The van der Waals surface area contributed by atoms with Gasteiger partial charge in [-0.1, -0.05) is 37.2 Å². The number of hydrogen-bond donors (Lipinski definition) is 2. The quantitative estimate of drug-likeness (QED) is 0.503. The first kappa shape index (κ1) is 26.7. The van der Waals surface area contributed by atoms with Crippen molar-refractivity contribution in [2.24, 2.45) is 28.6 Å². The molecular formula is C31H38N4O3S. The highest BCUT2D eigenvalue weighted by atomic mass is 32.2. The maximum atomic E-state index is 13.6. The number of pyridine rings is 1. The van der Waals surface area contributed by atoms with Crippen LogP contribution in [0, 0.1) is 46.8 Å². The SMILES string of the molecule is Cc1cccc(SCC(=O)C2(O)CCC3C4CCC5=Cc6c(cnn6CCC#N)CC5(C)C4C(O)CC32C)n1. The zero-order valence-corrected chi connectivity index (χ0v) is 23.9. The van der Waals surface area contributed by atoms with Crippen molar-refractivity contribution >= 4 is 23.6 Å². The number of nitriles is 1. The minimum Gasteiger partial charge on any atom is -0.393 e. The zero-order chi connectivity index (χ0) is 27.6. The fraction of sp³-hybridized carbons (Fsp3) is 0.613. The zero-order valence-electron chi connectivity index (χ0n) is 23.1. The summed E-state index contributed by atoms with van der Waals surface area (Å²) in [6.45, 7) is 6.88. The van der Waals surface area contributed by atoms with E-state index >= 15 is 0 Å². The largest absolute Gasteiger partial charge is 0.393 e. The van der Waals surface area contributed by atoms with Gasteiger partial charge < -0.3 is 10.2 Å². The number of ketones is 1. The Morgan fingerprint density at radius 3 is 2.90 bits per heavy atom. The molecule has 7 unspecified atom stereocenters. The lowest BCUT2D eigenvalue weighted by atomic mass is 9.45. The molecule has 0 saturated heterocycles. The summed E-state index contributed by atoms with van der Waals surface area (Å²) in [6, 6.07) is 7.98. The number of carbonyl (C=O) groups excluding carboxylic acids is 1. The molecule has 2 aromatic heterocycles. The molecule has 7 nitrogen and oxygen atoms in total. The molecule has 0 bridgehead atoms. The van der Waals surface area contributed by atoms with Gasteiger partial charge in [0.15, 0.2) is 5.78 Å². The lowest BCUT2D eigenvalue weighted by Gasteiger charge is -2.60. The monoisotopic (exact) mass is 546 g/mol. The number of Topliss-reactive ketones (excluding diaryl/α,β-unsaturated/α-hetero) is 1. The van der Waals surface area contributed by atoms with Crippen LogP contribution >= 0.6 is 11.8 Å². The fourth-order valence-corrected chi connectivity index (χ4v) is 9.80. The predicted molar refractivity (Wildman–Crippen MR) is 150 cm³/mol. The molecule has 4 aliphatic rings. The Kier molecular flexibility index (Phi) is 6.56. The van der Waals surface area contributed by atoms with Crippen LogP contribution in [0.3, 0.4) is 0 Å². The Bertz CT molecular complexity index is 1380. The minimum atomic E-state index is -1.43. The number of carbonyl (C=O) groups is 1. The number of aryl methyl sites for hydroxylation is 2. The van der Waals surface area contributed by atoms with E-state index in [-0.39, 0.29) is 34.7 Å². The van der Waals surface area contributed by atoms with Crippen LogP contribution in [0.1, 0.15) is 69.3 Å². The van der Waals surface area contributed by atoms with Crippen LogP contribution in [-0.4, -0.2) is 48.2 Å². The first-order valence-corrected chi connectivity index (χ1v) is 15.2. The Morgan fingerprint density at radius 1 is 1.31 bits per heavy atom. The van der Waals surface area contributed by atoms with Crippen molar-refractivity contribution in [3.8, 4) is 6.07 Å². The van der Waals surface area contributed by atoms with E-state index in [4.69, 9.17) is 5.26 Å². The third kappa shape index (κ3) is 4.03. The Morgan fingerprint density at radius 2 is 2.13 bits per heavy atom. The summed E-state index contributed by atoms with van der Waals surface area (Å²) >= 11 is 1.39. The summed E-state index contributed by atoms with van der Waals surface area (Å²) in [4.78, 5) is 18.1. The van der Waals surface area contributed by atoms with Gasteiger partial charge in [0.1, 0.15) is 5.60 Å². The van der Waals surface area contributed by atoms with Gasteiger partial charge in [-0.15, -0.1) is 0 Å². The predicted octanol–water partition coefficient (Wildman–Crippen LogP) is 4.75.